The molecule has 1 heterocycles. The summed E-state index contributed by atoms with van der Waals surface area (Å²) >= 11 is 1.14. The maximum atomic E-state index is 12.9. The van der Waals surface area contributed by atoms with Gasteiger partial charge in [-0.3, -0.25) is 9.59 Å². The molecule has 1 aromatic carbocycles. The Balaban J connectivity index is 2.25. The Kier molecular flexibility index (Phi) is 4.32. The van der Waals surface area contributed by atoms with E-state index >= 15 is 0 Å². The van der Waals surface area contributed by atoms with Crippen molar-refractivity contribution in [1.82, 2.24) is 10.3 Å². The quantitative estimate of drug-likeness (QED) is 0.909. The van der Waals surface area contributed by atoms with Gasteiger partial charge in [0.05, 0.1) is 5.69 Å². The van der Waals surface area contributed by atoms with Gasteiger partial charge in [0, 0.05) is 5.56 Å². The number of rotatable bonds is 4. The third kappa shape index (κ3) is 3.43. The predicted molar refractivity (Wildman–Crippen MR) is 76.8 cm³/mol. The first-order valence-corrected chi connectivity index (χ1v) is 6.97. The molecule has 2 N–H and O–H groups in total. The highest BCUT2D eigenvalue weighted by molar-refractivity contribution is 7.17. The molecule has 0 aliphatic carbocycles. The molecule has 110 valence electrons. The highest BCUT2D eigenvalue weighted by Crippen LogP contribution is 2.28. The summed E-state index contributed by atoms with van der Waals surface area (Å²) in [4.78, 5) is 27.4. The molecular weight excluding hydrogens is 295 g/mol. The number of carboxylic acid groups (broad SMARTS) is 1. The van der Waals surface area contributed by atoms with Crippen LogP contribution >= 0.6 is 11.3 Å². The van der Waals surface area contributed by atoms with Gasteiger partial charge in [0.15, 0.2) is 0 Å². The van der Waals surface area contributed by atoms with Gasteiger partial charge in [0.2, 0.25) is 0 Å². The number of aryl methyl sites for hydroxylation is 1. The van der Waals surface area contributed by atoms with E-state index in [1.54, 1.807) is 19.1 Å². The van der Waals surface area contributed by atoms with Gasteiger partial charge in [0.1, 0.15) is 21.7 Å². The van der Waals surface area contributed by atoms with Crippen molar-refractivity contribution in [2.45, 2.75) is 19.9 Å². The van der Waals surface area contributed by atoms with Gasteiger partial charge in [-0.1, -0.05) is 0 Å². The first kappa shape index (κ1) is 15.1. The molecule has 0 aliphatic rings. The minimum Gasteiger partial charge on any atom is -0.480 e. The van der Waals surface area contributed by atoms with Gasteiger partial charge in [-0.15, -0.1) is 11.3 Å². The maximum Gasteiger partial charge on any atom is 0.325 e. The lowest BCUT2D eigenvalue weighted by molar-refractivity contribution is -0.138. The van der Waals surface area contributed by atoms with Gasteiger partial charge < -0.3 is 10.4 Å². The second-order valence-corrected chi connectivity index (χ2v) is 5.47. The number of carbonyl (C=O) groups excluding carboxylic acids is 1. The Labute approximate surface area is 124 Å². The monoisotopic (exact) mass is 308 g/mol. The summed E-state index contributed by atoms with van der Waals surface area (Å²) in [7, 11) is 0. The Hall–Kier alpha value is -2.28. The van der Waals surface area contributed by atoms with E-state index in [1.165, 1.54) is 19.1 Å². The summed E-state index contributed by atoms with van der Waals surface area (Å²) in [5.74, 6) is -1.93. The van der Waals surface area contributed by atoms with Crippen molar-refractivity contribution in [3.63, 3.8) is 0 Å². The van der Waals surface area contributed by atoms with Crippen molar-refractivity contribution in [3.8, 4) is 10.6 Å². The zero-order valence-electron chi connectivity index (χ0n) is 11.4. The van der Waals surface area contributed by atoms with Crippen LogP contribution in [-0.4, -0.2) is 28.0 Å². The maximum absolute atomic E-state index is 12.9. The lowest BCUT2D eigenvalue weighted by Crippen LogP contribution is -2.38. The summed E-state index contributed by atoms with van der Waals surface area (Å²) in [6.07, 6.45) is 0. The number of hydrogen-bond donors (Lipinski definition) is 2. The Morgan fingerprint density at radius 3 is 2.52 bits per heavy atom. The fourth-order valence-electron chi connectivity index (χ4n) is 1.65. The fourth-order valence-corrected chi connectivity index (χ4v) is 2.62. The van der Waals surface area contributed by atoms with E-state index in [0.29, 0.717) is 21.1 Å². The van der Waals surface area contributed by atoms with Crippen LogP contribution in [0.15, 0.2) is 24.3 Å². The number of carbonyl (C=O) groups is 2. The molecule has 0 unspecified atom stereocenters. The zero-order valence-corrected chi connectivity index (χ0v) is 12.2. The molecule has 2 aromatic rings. The summed E-state index contributed by atoms with van der Waals surface area (Å²) in [5.41, 5.74) is 1.21. The van der Waals surface area contributed by atoms with Crippen molar-refractivity contribution in [2.75, 3.05) is 0 Å². The van der Waals surface area contributed by atoms with Crippen molar-refractivity contribution < 1.29 is 19.1 Å². The topological polar surface area (TPSA) is 79.3 Å². The van der Waals surface area contributed by atoms with E-state index in [4.69, 9.17) is 5.11 Å². The van der Waals surface area contributed by atoms with Crippen LogP contribution < -0.4 is 5.32 Å². The van der Waals surface area contributed by atoms with Crippen LogP contribution in [0.25, 0.3) is 10.6 Å². The lowest BCUT2D eigenvalue weighted by Gasteiger charge is -2.07. The number of thiazole rings is 1. The largest absolute Gasteiger partial charge is 0.480 e. The second-order valence-electron chi connectivity index (χ2n) is 4.47. The third-order valence-corrected chi connectivity index (χ3v) is 4.02. The summed E-state index contributed by atoms with van der Waals surface area (Å²) < 4.78 is 12.9. The van der Waals surface area contributed by atoms with Crippen LogP contribution in [0, 0.1) is 12.7 Å². The van der Waals surface area contributed by atoms with E-state index in [1.807, 2.05) is 0 Å². The highest BCUT2D eigenvalue weighted by Gasteiger charge is 2.20. The van der Waals surface area contributed by atoms with Crippen LogP contribution in [-0.2, 0) is 4.79 Å². The molecule has 0 saturated carbocycles. The van der Waals surface area contributed by atoms with Crippen LogP contribution in [0.1, 0.15) is 22.3 Å². The van der Waals surface area contributed by atoms with Crippen molar-refractivity contribution >= 4 is 23.2 Å². The molecule has 1 aromatic heterocycles. The van der Waals surface area contributed by atoms with Crippen LogP contribution in [0.4, 0.5) is 4.39 Å². The van der Waals surface area contributed by atoms with Crippen molar-refractivity contribution in [3.05, 3.63) is 40.7 Å². The number of nitrogens with one attached hydrogen (secondary N) is 1. The minimum atomic E-state index is -1.11. The normalized spacial score (nSPS) is 12.0. The number of nitrogens with zero attached hydrogens (tertiary/aromatic N) is 1. The standard InChI is InChI=1S/C14H13FN2O3S/c1-7-11(12(18)16-8(2)14(19)20)21-13(17-7)9-3-5-10(15)6-4-9/h3-6,8H,1-2H3,(H,16,18)(H,19,20)/t8-/m0/s1. The van der Waals surface area contributed by atoms with Gasteiger partial charge in [0.25, 0.3) is 5.91 Å². The van der Waals surface area contributed by atoms with Gasteiger partial charge >= 0.3 is 5.97 Å². The second kappa shape index (κ2) is 6.01. The number of halogens is 1. The van der Waals surface area contributed by atoms with Crippen molar-refractivity contribution in [1.29, 1.82) is 0 Å². The Morgan fingerprint density at radius 1 is 1.33 bits per heavy atom. The van der Waals surface area contributed by atoms with Crippen LogP contribution in [0.2, 0.25) is 0 Å². The molecule has 0 aliphatic heterocycles. The molecule has 1 atom stereocenters. The molecule has 2 rings (SSSR count). The Bertz CT molecular complexity index is 682. The molecule has 5 nitrogen and oxygen atoms in total. The highest BCUT2D eigenvalue weighted by atomic mass is 32.1. The smallest absolute Gasteiger partial charge is 0.325 e. The first-order chi connectivity index (χ1) is 9.88. The van der Waals surface area contributed by atoms with E-state index in [0.717, 1.165) is 11.3 Å². The molecule has 21 heavy (non-hydrogen) atoms. The Morgan fingerprint density at radius 2 is 1.95 bits per heavy atom. The summed E-state index contributed by atoms with van der Waals surface area (Å²) in [6, 6.07) is 4.81. The summed E-state index contributed by atoms with van der Waals surface area (Å²) in [5, 5.41) is 11.8. The minimum absolute atomic E-state index is 0.347. The molecule has 0 spiro atoms. The number of hydrogen-bond acceptors (Lipinski definition) is 4. The van der Waals surface area contributed by atoms with Crippen LogP contribution in [0.3, 0.4) is 0 Å². The van der Waals surface area contributed by atoms with Crippen molar-refractivity contribution in [2.24, 2.45) is 0 Å². The first-order valence-electron chi connectivity index (χ1n) is 6.15. The van der Waals surface area contributed by atoms with Gasteiger partial charge in [-0.05, 0) is 38.1 Å². The average Bonchev–Trinajstić information content (AvgIpc) is 2.81. The molecule has 0 fully saturated rings. The zero-order chi connectivity index (χ0) is 15.6. The number of aliphatic carboxylic acids is 1. The molecule has 0 radical (unpaired) electrons. The number of aromatic nitrogens is 1. The SMILES string of the molecule is Cc1nc(-c2ccc(F)cc2)sc1C(=O)N[C@@H](C)C(=O)O. The summed E-state index contributed by atoms with van der Waals surface area (Å²) in [6.45, 7) is 3.06. The predicted octanol–water partition coefficient (Wildman–Crippen LogP) is 2.46. The average molecular weight is 308 g/mol. The number of amides is 1. The number of benzene rings is 1. The fraction of sp³-hybridized carbons (Fsp3) is 0.214. The van der Waals surface area contributed by atoms with Gasteiger partial charge in [-0.25, -0.2) is 9.37 Å². The van der Waals surface area contributed by atoms with E-state index in [-0.39, 0.29) is 5.82 Å². The lowest BCUT2D eigenvalue weighted by atomic mass is 10.2. The molecule has 7 heteroatoms. The number of carboxylic acids is 1. The molecule has 1 amide bonds. The van der Waals surface area contributed by atoms with E-state index in [9.17, 15) is 14.0 Å². The molecule has 0 saturated heterocycles. The van der Waals surface area contributed by atoms with E-state index in [2.05, 4.69) is 10.3 Å². The third-order valence-electron chi connectivity index (χ3n) is 2.81. The molecular formula is C14H13FN2O3S. The molecule has 0 bridgehead atoms. The van der Waals surface area contributed by atoms with Gasteiger partial charge in [-0.2, -0.15) is 0 Å². The van der Waals surface area contributed by atoms with E-state index < -0.39 is 17.9 Å². The van der Waals surface area contributed by atoms with Crippen LogP contribution in [0.5, 0.6) is 0 Å².